The van der Waals surface area contributed by atoms with Crippen molar-refractivity contribution in [2.45, 2.75) is 51.5 Å². The fourth-order valence-electron chi connectivity index (χ4n) is 3.15. The second-order valence-corrected chi connectivity index (χ2v) is 5.62. The Morgan fingerprint density at radius 3 is 2.62 bits per heavy atom. The van der Waals surface area contributed by atoms with Crippen LogP contribution < -0.4 is 5.73 Å². The number of rotatable bonds is 3. The van der Waals surface area contributed by atoms with Crippen molar-refractivity contribution in [1.29, 1.82) is 0 Å². The molecule has 1 aliphatic carbocycles. The van der Waals surface area contributed by atoms with Gasteiger partial charge in [0.05, 0.1) is 0 Å². The maximum Gasteiger partial charge on any atom is 0.225 e. The van der Waals surface area contributed by atoms with Crippen LogP contribution in [0.15, 0.2) is 0 Å². The molecule has 3 heteroatoms. The molecule has 2 rings (SSSR count). The van der Waals surface area contributed by atoms with Crippen LogP contribution in [0.1, 0.15) is 45.4 Å². The molecule has 1 amide bonds. The van der Waals surface area contributed by atoms with Gasteiger partial charge in [0.2, 0.25) is 5.91 Å². The molecule has 0 aromatic carbocycles. The Labute approximate surface area is 98.4 Å². The summed E-state index contributed by atoms with van der Waals surface area (Å²) in [7, 11) is 0. The first kappa shape index (κ1) is 11.9. The summed E-state index contributed by atoms with van der Waals surface area (Å²) >= 11 is 0. The molecule has 2 aliphatic rings. The van der Waals surface area contributed by atoms with Gasteiger partial charge in [-0.15, -0.1) is 0 Å². The molecule has 16 heavy (non-hydrogen) atoms. The fourth-order valence-corrected chi connectivity index (χ4v) is 3.15. The average molecular weight is 224 g/mol. The molecule has 2 N–H and O–H groups in total. The maximum absolute atomic E-state index is 12.1. The first-order valence-corrected chi connectivity index (χ1v) is 6.71. The summed E-state index contributed by atoms with van der Waals surface area (Å²) in [5.74, 6) is 1.34. The zero-order chi connectivity index (χ0) is 11.5. The Hall–Kier alpha value is -0.570. The van der Waals surface area contributed by atoms with E-state index in [9.17, 15) is 4.79 Å². The van der Waals surface area contributed by atoms with Gasteiger partial charge in [-0.3, -0.25) is 4.79 Å². The van der Waals surface area contributed by atoms with Gasteiger partial charge < -0.3 is 10.6 Å². The molecule has 2 fully saturated rings. The Morgan fingerprint density at radius 1 is 1.38 bits per heavy atom. The van der Waals surface area contributed by atoms with Crippen molar-refractivity contribution in [2.24, 2.45) is 17.6 Å². The van der Waals surface area contributed by atoms with E-state index in [1.807, 2.05) is 4.90 Å². The van der Waals surface area contributed by atoms with Crippen LogP contribution in [0, 0.1) is 11.8 Å². The Bertz CT molecular complexity index is 248. The van der Waals surface area contributed by atoms with Gasteiger partial charge in [0.25, 0.3) is 0 Å². The largest absolute Gasteiger partial charge is 0.341 e. The molecule has 1 unspecified atom stereocenters. The number of carbonyl (C=O) groups excluding carboxylic acids is 1. The van der Waals surface area contributed by atoms with Gasteiger partial charge in [0.15, 0.2) is 0 Å². The average Bonchev–Trinajstić information content (AvgIpc) is 2.88. The number of hydrogen-bond acceptors (Lipinski definition) is 2. The Balaban J connectivity index is 1.79. The number of nitrogens with zero attached hydrogens (tertiary/aromatic N) is 1. The number of hydrogen-bond donors (Lipinski definition) is 1. The Morgan fingerprint density at radius 2 is 2.06 bits per heavy atom. The molecule has 1 saturated heterocycles. The van der Waals surface area contributed by atoms with Crippen molar-refractivity contribution in [2.75, 3.05) is 13.1 Å². The molecule has 1 saturated carbocycles. The SMILES string of the molecule is CC(CC1CCCC1)C(=O)N1CC[C@@H](N)C1. The van der Waals surface area contributed by atoms with Crippen molar-refractivity contribution in [3.05, 3.63) is 0 Å². The summed E-state index contributed by atoms with van der Waals surface area (Å²) in [6.07, 6.45) is 7.45. The van der Waals surface area contributed by atoms with Crippen molar-refractivity contribution in [3.8, 4) is 0 Å². The lowest BCUT2D eigenvalue weighted by Gasteiger charge is -2.22. The Kier molecular flexibility index (Phi) is 3.85. The second-order valence-electron chi connectivity index (χ2n) is 5.62. The van der Waals surface area contributed by atoms with Gasteiger partial charge in [-0.05, 0) is 18.8 Å². The van der Waals surface area contributed by atoms with E-state index in [1.54, 1.807) is 0 Å². The molecule has 1 heterocycles. The molecule has 0 bridgehead atoms. The minimum atomic E-state index is 0.202. The summed E-state index contributed by atoms with van der Waals surface area (Å²) in [5, 5.41) is 0. The molecule has 0 aromatic rings. The standard InChI is InChI=1S/C13H24N2O/c1-10(8-11-4-2-3-5-11)13(16)15-7-6-12(14)9-15/h10-12H,2-9,14H2,1H3/t10?,12-/m1/s1. The van der Waals surface area contributed by atoms with Crippen LogP contribution in [0.4, 0.5) is 0 Å². The van der Waals surface area contributed by atoms with Crippen molar-refractivity contribution in [1.82, 2.24) is 4.90 Å². The topological polar surface area (TPSA) is 46.3 Å². The normalized spacial score (nSPS) is 28.6. The van der Waals surface area contributed by atoms with Crippen LogP contribution in [0.25, 0.3) is 0 Å². The first-order chi connectivity index (χ1) is 7.66. The fraction of sp³-hybridized carbons (Fsp3) is 0.923. The summed E-state index contributed by atoms with van der Waals surface area (Å²) in [4.78, 5) is 14.1. The van der Waals surface area contributed by atoms with E-state index in [4.69, 9.17) is 5.73 Å². The summed E-state index contributed by atoms with van der Waals surface area (Å²) in [6, 6.07) is 0.211. The lowest BCUT2D eigenvalue weighted by molar-refractivity contribution is -0.134. The predicted molar refractivity (Wildman–Crippen MR) is 64.9 cm³/mol. The third-order valence-corrected chi connectivity index (χ3v) is 4.12. The van der Waals surface area contributed by atoms with Crippen LogP contribution in [-0.2, 0) is 4.79 Å². The van der Waals surface area contributed by atoms with Crippen LogP contribution in [0.2, 0.25) is 0 Å². The maximum atomic E-state index is 12.1. The van der Waals surface area contributed by atoms with Gasteiger partial charge in [-0.1, -0.05) is 32.6 Å². The minimum absolute atomic E-state index is 0.202. The predicted octanol–water partition coefficient (Wildman–Crippen LogP) is 1.76. The number of carbonyl (C=O) groups is 1. The van der Waals surface area contributed by atoms with E-state index in [0.29, 0.717) is 5.91 Å². The van der Waals surface area contributed by atoms with Gasteiger partial charge in [-0.2, -0.15) is 0 Å². The second kappa shape index (κ2) is 5.17. The molecular weight excluding hydrogens is 200 g/mol. The van der Waals surface area contributed by atoms with Gasteiger partial charge in [0.1, 0.15) is 0 Å². The molecule has 1 aliphatic heterocycles. The van der Waals surface area contributed by atoms with E-state index in [-0.39, 0.29) is 12.0 Å². The highest BCUT2D eigenvalue weighted by molar-refractivity contribution is 5.78. The minimum Gasteiger partial charge on any atom is -0.341 e. The molecular formula is C13H24N2O. The van der Waals surface area contributed by atoms with E-state index >= 15 is 0 Å². The molecule has 2 atom stereocenters. The zero-order valence-electron chi connectivity index (χ0n) is 10.3. The highest BCUT2D eigenvalue weighted by Crippen LogP contribution is 2.31. The van der Waals surface area contributed by atoms with Crippen LogP contribution >= 0.6 is 0 Å². The van der Waals surface area contributed by atoms with E-state index in [1.165, 1.54) is 25.7 Å². The molecule has 3 nitrogen and oxygen atoms in total. The van der Waals surface area contributed by atoms with Crippen molar-refractivity contribution >= 4 is 5.91 Å². The summed E-state index contributed by atoms with van der Waals surface area (Å²) in [5.41, 5.74) is 5.83. The zero-order valence-corrected chi connectivity index (χ0v) is 10.3. The van der Waals surface area contributed by atoms with Crippen LogP contribution in [0.5, 0.6) is 0 Å². The number of amides is 1. The van der Waals surface area contributed by atoms with E-state index in [0.717, 1.165) is 31.8 Å². The highest BCUT2D eigenvalue weighted by Gasteiger charge is 2.29. The quantitative estimate of drug-likeness (QED) is 0.794. The molecule has 92 valence electrons. The summed E-state index contributed by atoms with van der Waals surface area (Å²) in [6.45, 7) is 3.73. The first-order valence-electron chi connectivity index (χ1n) is 6.71. The van der Waals surface area contributed by atoms with Crippen molar-refractivity contribution < 1.29 is 4.79 Å². The van der Waals surface area contributed by atoms with Gasteiger partial charge >= 0.3 is 0 Å². The summed E-state index contributed by atoms with van der Waals surface area (Å²) < 4.78 is 0. The van der Waals surface area contributed by atoms with Crippen molar-refractivity contribution in [3.63, 3.8) is 0 Å². The van der Waals surface area contributed by atoms with Gasteiger partial charge in [0, 0.05) is 25.0 Å². The smallest absolute Gasteiger partial charge is 0.225 e. The van der Waals surface area contributed by atoms with E-state index in [2.05, 4.69) is 6.92 Å². The molecule has 0 aromatic heterocycles. The monoisotopic (exact) mass is 224 g/mol. The van der Waals surface area contributed by atoms with Gasteiger partial charge in [-0.25, -0.2) is 0 Å². The highest BCUT2D eigenvalue weighted by atomic mass is 16.2. The third-order valence-electron chi connectivity index (χ3n) is 4.12. The van der Waals surface area contributed by atoms with Crippen LogP contribution in [-0.4, -0.2) is 29.9 Å². The third kappa shape index (κ3) is 2.76. The number of likely N-dealkylation sites (tertiary alicyclic amines) is 1. The van der Waals surface area contributed by atoms with E-state index < -0.39 is 0 Å². The lowest BCUT2D eigenvalue weighted by atomic mass is 9.93. The molecule has 0 radical (unpaired) electrons. The molecule has 0 spiro atoms. The lowest BCUT2D eigenvalue weighted by Crippen LogP contribution is -2.36. The number of nitrogens with two attached hydrogens (primary N) is 1. The van der Waals surface area contributed by atoms with Crippen LogP contribution in [0.3, 0.4) is 0 Å².